The summed E-state index contributed by atoms with van der Waals surface area (Å²) < 4.78 is 18.2. The summed E-state index contributed by atoms with van der Waals surface area (Å²) in [6.07, 6.45) is 1.55. The van der Waals surface area contributed by atoms with Crippen molar-refractivity contribution < 1.29 is 19.0 Å². The predicted molar refractivity (Wildman–Crippen MR) is 105 cm³/mol. The molecule has 0 saturated heterocycles. The zero-order valence-electron chi connectivity index (χ0n) is 15.5. The fourth-order valence-corrected chi connectivity index (χ4v) is 3.70. The van der Waals surface area contributed by atoms with Crippen LogP contribution in [0.1, 0.15) is 28.5 Å². The molecular formula is C20H21N3O4S. The maximum atomic E-state index is 12.4. The monoisotopic (exact) mass is 399 g/mol. The normalized spacial score (nSPS) is 12.8. The summed E-state index contributed by atoms with van der Waals surface area (Å²) in [6, 6.07) is 7.71. The van der Waals surface area contributed by atoms with Crippen molar-refractivity contribution in [3.8, 4) is 17.2 Å². The van der Waals surface area contributed by atoms with Gasteiger partial charge in [0.05, 0.1) is 24.2 Å². The van der Waals surface area contributed by atoms with E-state index in [-0.39, 0.29) is 5.97 Å². The third-order valence-electron chi connectivity index (χ3n) is 4.34. The number of esters is 1. The first-order valence-corrected chi connectivity index (χ1v) is 10.1. The van der Waals surface area contributed by atoms with E-state index in [4.69, 9.17) is 14.2 Å². The van der Waals surface area contributed by atoms with Crippen LogP contribution in [-0.2, 0) is 17.8 Å². The van der Waals surface area contributed by atoms with Gasteiger partial charge in [-0.05, 0) is 41.4 Å². The van der Waals surface area contributed by atoms with Gasteiger partial charge in [-0.15, -0.1) is 0 Å². The third kappa shape index (κ3) is 3.88. The molecule has 0 bridgehead atoms. The molecule has 4 rings (SSSR count). The summed E-state index contributed by atoms with van der Waals surface area (Å²) in [5, 5.41) is 12.0. The van der Waals surface area contributed by atoms with Gasteiger partial charge in [0.2, 0.25) is 0 Å². The number of carbonyl (C=O) groups is 1. The van der Waals surface area contributed by atoms with E-state index in [0.29, 0.717) is 50.0 Å². The largest absolute Gasteiger partial charge is 0.486 e. The van der Waals surface area contributed by atoms with Crippen LogP contribution >= 0.6 is 11.3 Å². The number of rotatable bonds is 7. The maximum Gasteiger partial charge on any atom is 0.341 e. The Morgan fingerprint density at radius 1 is 1.25 bits per heavy atom. The number of benzene rings is 1. The van der Waals surface area contributed by atoms with E-state index in [0.717, 1.165) is 11.4 Å². The van der Waals surface area contributed by atoms with E-state index in [2.05, 4.69) is 21.9 Å². The summed E-state index contributed by atoms with van der Waals surface area (Å²) in [6.45, 7) is 4.33. The molecule has 0 atom stereocenters. The molecule has 1 aliphatic heterocycles. The maximum absolute atomic E-state index is 12.4. The summed E-state index contributed by atoms with van der Waals surface area (Å²) in [7, 11) is 0. The zero-order chi connectivity index (χ0) is 19.3. The molecule has 0 spiro atoms. The first kappa shape index (κ1) is 18.5. The second kappa shape index (κ2) is 8.45. The van der Waals surface area contributed by atoms with E-state index < -0.39 is 0 Å². The highest BCUT2D eigenvalue weighted by Gasteiger charge is 2.21. The first-order chi connectivity index (χ1) is 13.8. The van der Waals surface area contributed by atoms with Crippen molar-refractivity contribution in [1.82, 2.24) is 15.1 Å². The molecular weight excluding hydrogens is 378 g/mol. The molecule has 0 amide bonds. The Hall–Kier alpha value is -2.84. The van der Waals surface area contributed by atoms with Gasteiger partial charge in [-0.25, -0.2) is 9.48 Å². The molecule has 3 heterocycles. The quantitative estimate of drug-likeness (QED) is 0.615. The fraction of sp³-hybridized carbons (Fsp3) is 0.300. The fourth-order valence-electron chi connectivity index (χ4n) is 3.03. The molecule has 0 saturated carbocycles. The molecule has 3 aromatic rings. The van der Waals surface area contributed by atoms with Gasteiger partial charge in [0.15, 0.2) is 11.5 Å². The number of thiophene rings is 1. The van der Waals surface area contributed by atoms with Crippen molar-refractivity contribution in [3.05, 3.63) is 58.0 Å². The van der Waals surface area contributed by atoms with Crippen molar-refractivity contribution in [2.75, 3.05) is 19.8 Å². The molecule has 146 valence electrons. The van der Waals surface area contributed by atoms with Crippen molar-refractivity contribution in [2.24, 2.45) is 0 Å². The zero-order valence-corrected chi connectivity index (χ0v) is 16.3. The number of aromatic nitrogens is 2. The number of hydrogen-bond donors (Lipinski definition) is 1. The second-order valence-electron chi connectivity index (χ2n) is 6.20. The van der Waals surface area contributed by atoms with Gasteiger partial charge < -0.3 is 19.5 Å². The van der Waals surface area contributed by atoms with E-state index in [9.17, 15) is 4.79 Å². The molecule has 2 aromatic heterocycles. The van der Waals surface area contributed by atoms with E-state index >= 15 is 0 Å². The Bertz CT molecular complexity index is 953. The third-order valence-corrected chi connectivity index (χ3v) is 5.07. The Morgan fingerprint density at radius 2 is 2.11 bits per heavy atom. The van der Waals surface area contributed by atoms with Crippen molar-refractivity contribution in [1.29, 1.82) is 0 Å². The van der Waals surface area contributed by atoms with Crippen LogP contribution in [0.25, 0.3) is 5.69 Å². The number of hydrogen-bond acceptors (Lipinski definition) is 7. The second-order valence-corrected chi connectivity index (χ2v) is 6.98. The average molecular weight is 399 g/mol. The van der Waals surface area contributed by atoms with Crippen LogP contribution in [-0.4, -0.2) is 35.6 Å². The number of fused-ring (bicyclic) bond motifs is 1. The molecule has 1 aromatic carbocycles. The van der Waals surface area contributed by atoms with Gasteiger partial charge in [0.25, 0.3) is 0 Å². The molecule has 7 nitrogen and oxygen atoms in total. The smallest absolute Gasteiger partial charge is 0.341 e. The SMILES string of the molecule is CCOC(=O)c1cnn(-c2ccc3c(c2)OCCO3)c1CNCc1ccsc1. The van der Waals surface area contributed by atoms with Crippen LogP contribution in [0, 0.1) is 0 Å². The number of ether oxygens (including phenoxy) is 3. The van der Waals surface area contributed by atoms with Gasteiger partial charge in [-0.3, -0.25) is 0 Å². The minimum absolute atomic E-state index is 0.315. The van der Waals surface area contributed by atoms with Gasteiger partial charge in [0.1, 0.15) is 18.8 Å². The van der Waals surface area contributed by atoms with Gasteiger partial charge in [-0.2, -0.15) is 16.4 Å². The lowest BCUT2D eigenvalue weighted by molar-refractivity contribution is 0.0525. The lowest BCUT2D eigenvalue weighted by Crippen LogP contribution is -2.19. The van der Waals surface area contributed by atoms with Crippen LogP contribution in [0.15, 0.2) is 41.2 Å². The molecule has 0 unspecified atom stereocenters. The number of nitrogens with one attached hydrogen (secondary N) is 1. The molecule has 0 fully saturated rings. The van der Waals surface area contributed by atoms with E-state index in [1.807, 2.05) is 23.6 Å². The number of nitrogens with zero attached hydrogens (tertiary/aromatic N) is 2. The number of carbonyl (C=O) groups excluding carboxylic acids is 1. The van der Waals surface area contributed by atoms with E-state index in [1.54, 1.807) is 29.1 Å². The predicted octanol–water partition coefficient (Wildman–Crippen LogP) is 3.17. The van der Waals surface area contributed by atoms with Crippen LogP contribution in [0.3, 0.4) is 0 Å². The summed E-state index contributed by atoms with van der Waals surface area (Å²) >= 11 is 1.66. The average Bonchev–Trinajstić information content (AvgIpc) is 3.38. The molecule has 28 heavy (non-hydrogen) atoms. The topological polar surface area (TPSA) is 74.6 Å². The molecule has 0 radical (unpaired) electrons. The van der Waals surface area contributed by atoms with Crippen molar-refractivity contribution >= 4 is 17.3 Å². The van der Waals surface area contributed by atoms with E-state index in [1.165, 1.54) is 5.56 Å². The Kier molecular flexibility index (Phi) is 5.59. The summed E-state index contributed by atoms with van der Waals surface area (Å²) in [5.74, 6) is 1.01. The summed E-state index contributed by atoms with van der Waals surface area (Å²) in [4.78, 5) is 12.4. The van der Waals surface area contributed by atoms with Crippen LogP contribution < -0.4 is 14.8 Å². The van der Waals surface area contributed by atoms with Gasteiger partial charge in [-0.1, -0.05) is 0 Å². The van der Waals surface area contributed by atoms with Gasteiger partial charge >= 0.3 is 5.97 Å². The molecule has 0 aliphatic carbocycles. The van der Waals surface area contributed by atoms with Crippen molar-refractivity contribution in [3.63, 3.8) is 0 Å². The lowest BCUT2D eigenvalue weighted by Gasteiger charge is -2.19. The first-order valence-electron chi connectivity index (χ1n) is 9.12. The molecule has 1 aliphatic rings. The Labute approximate surface area is 166 Å². The Morgan fingerprint density at radius 3 is 2.89 bits per heavy atom. The van der Waals surface area contributed by atoms with Gasteiger partial charge in [0, 0.05) is 19.2 Å². The Balaban J connectivity index is 1.63. The van der Waals surface area contributed by atoms with Crippen LogP contribution in [0.5, 0.6) is 11.5 Å². The van der Waals surface area contributed by atoms with Crippen molar-refractivity contribution in [2.45, 2.75) is 20.0 Å². The molecule has 1 N–H and O–H groups in total. The standard InChI is InChI=1S/C20H21N3O4S/c1-2-25-20(24)16-11-22-23(17(16)12-21-10-14-5-8-28-13-14)15-3-4-18-19(9-15)27-7-6-26-18/h3-5,8-9,11,13,21H,2,6-7,10,12H2,1H3. The highest BCUT2D eigenvalue weighted by atomic mass is 32.1. The lowest BCUT2D eigenvalue weighted by atomic mass is 10.2. The van der Waals surface area contributed by atoms with Crippen LogP contribution in [0.4, 0.5) is 0 Å². The minimum atomic E-state index is -0.376. The van der Waals surface area contributed by atoms with Crippen LogP contribution in [0.2, 0.25) is 0 Å². The minimum Gasteiger partial charge on any atom is -0.486 e. The highest BCUT2D eigenvalue weighted by Crippen LogP contribution is 2.32. The summed E-state index contributed by atoms with van der Waals surface area (Å²) in [5.41, 5.74) is 3.19. The highest BCUT2D eigenvalue weighted by molar-refractivity contribution is 7.07. The molecule has 8 heteroatoms.